The van der Waals surface area contributed by atoms with Crippen molar-refractivity contribution in [3.8, 4) is 23.0 Å². The van der Waals surface area contributed by atoms with E-state index in [1.807, 2.05) is 0 Å². The Morgan fingerprint density at radius 3 is 0.818 bits per heavy atom. The van der Waals surface area contributed by atoms with Gasteiger partial charge in [0.1, 0.15) is 23.0 Å². The average Bonchev–Trinajstić information content (AvgIpc) is 2.41. The zero-order chi connectivity index (χ0) is 15.8. The molecule has 22 heavy (non-hydrogen) atoms. The molecule has 0 saturated heterocycles. The van der Waals surface area contributed by atoms with Gasteiger partial charge in [0.2, 0.25) is 0 Å². The Balaban J connectivity index is 2.07. The van der Waals surface area contributed by atoms with Gasteiger partial charge in [-0.05, 0) is 48.5 Å². The molecule has 0 fully saturated rings. The standard InChI is InChI=1S/C12H8O8S2/c13-21(14)17-9-1-2-10(4-3-9)18-22(15,16)20-12-7-5-11(19-21)6-8-12/h1-8H. The Hall–Kier alpha value is -2.46. The SMILES string of the molecule is O=S1(=O)Oc2ccc(cc2)OS(=O)(=O)Oc2ccc(cc2)O1. The first kappa shape index (κ1) is 14.5. The highest BCUT2D eigenvalue weighted by Gasteiger charge is 2.20. The molecule has 4 aliphatic rings. The highest BCUT2D eigenvalue weighted by atomic mass is 32.3. The normalized spacial score (nSPS) is 18.2. The van der Waals surface area contributed by atoms with Crippen LogP contribution in [0.3, 0.4) is 0 Å². The van der Waals surface area contributed by atoms with E-state index in [-0.39, 0.29) is 23.0 Å². The van der Waals surface area contributed by atoms with Gasteiger partial charge in [0, 0.05) is 0 Å². The number of hydrogen-bond donors (Lipinski definition) is 0. The maximum absolute atomic E-state index is 11.7. The molecule has 2 aromatic carbocycles. The van der Waals surface area contributed by atoms with Crippen molar-refractivity contribution in [1.82, 2.24) is 0 Å². The average molecular weight is 344 g/mol. The maximum Gasteiger partial charge on any atom is 0.500 e. The van der Waals surface area contributed by atoms with Gasteiger partial charge in [-0.1, -0.05) is 0 Å². The first-order valence-corrected chi connectivity index (χ1v) is 8.46. The van der Waals surface area contributed by atoms with E-state index in [1.54, 1.807) is 0 Å². The Bertz CT molecular complexity index is 744. The Labute approximate surface area is 126 Å². The molecule has 8 nitrogen and oxygen atoms in total. The smallest absolute Gasteiger partial charge is 0.353 e. The van der Waals surface area contributed by atoms with Gasteiger partial charge in [-0.3, -0.25) is 0 Å². The van der Waals surface area contributed by atoms with E-state index in [1.165, 1.54) is 48.5 Å². The van der Waals surface area contributed by atoms with E-state index in [4.69, 9.17) is 16.7 Å². The Morgan fingerprint density at radius 2 is 0.636 bits per heavy atom. The summed E-state index contributed by atoms with van der Waals surface area (Å²) in [5, 5.41) is 0. The second-order valence-electron chi connectivity index (χ2n) is 4.09. The van der Waals surface area contributed by atoms with Crippen molar-refractivity contribution in [2.24, 2.45) is 0 Å². The Kier molecular flexibility index (Phi) is 3.34. The lowest BCUT2D eigenvalue weighted by Crippen LogP contribution is -2.18. The highest BCUT2D eigenvalue weighted by Crippen LogP contribution is 2.25. The van der Waals surface area contributed by atoms with Gasteiger partial charge in [-0.25, -0.2) is 0 Å². The van der Waals surface area contributed by atoms with Crippen molar-refractivity contribution >= 4 is 20.8 Å². The van der Waals surface area contributed by atoms with Crippen LogP contribution in [0.4, 0.5) is 0 Å². The van der Waals surface area contributed by atoms with Gasteiger partial charge in [0.05, 0.1) is 0 Å². The largest absolute Gasteiger partial charge is 0.500 e. The van der Waals surface area contributed by atoms with Crippen LogP contribution in [0.15, 0.2) is 48.5 Å². The predicted octanol–water partition coefficient (Wildman–Crippen LogP) is 1.41. The molecule has 4 heterocycles. The van der Waals surface area contributed by atoms with E-state index < -0.39 is 20.8 Å². The zero-order valence-corrected chi connectivity index (χ0v) is 12.3. The van der Waals surface area contributed by atoms with Crippen LogP contribution in [-0.2, 0) is 20.8 Å². The van der Waals surface area contributed by atoms with Crippen molar-refractivity contribution in [3.05, 3.63) is 48.5 Å². The molecular formula is C12H8O8S2. The lowest BCUT2D eigenvalue weighted by Gasteiger charge is -2.12. The van der Waals surface area contributed by atoms with Gasteiger partial charge in [-0.2, -0.15) is 0 Å². The summed E-state index contributed by atoms with van der Waals surface area (Å²) in [5.41, 5.74) is 0. The first-order chi connectivity index (χ1) is 10.3. The van der Waals surface area contributed by atoms with E-state index in [0.717, 1.165) is 0 Å². The van der Waals surface area contributed by atoms with Crippen LogP contribution in [0.1, 0.15) is 0 Å². The summed E-state index contributed by atoms with van der Waals surface area (Å²) in [6, 6.07) is 9.66. The van der Waals surface area contributed by atoms with Crippen LogP contribution in [0.5, 0.6) is 23.0 Å². The van der Waals surface area contributed by atoms with Crippen molar-refractivity contribution in [1.29, 1.82) is 0 Å². The van der Waals surface area contributed by atoms with Crippen molar-refractivity contribution in [2.75, 3.05) is 0 Å². The van der Waals surface area contributed by atoms with Gasteiger partial charge in [0.25, 0.3) is 0 Å². The molecule has 2 aromatic rings. The molecule has 0 spiro atoms. The maximum atomic E-state index is 11.7. The van der Waals surface area contributed by atoms with E-state index in [9.17, 15) is 16.8 Å². The van der Waals surface area contributed by atoms with Crippen LogP contribution in [0.25, 0.3) is 0 Å². The van der Waals surface area contributed by atoms with Crippen molar-refractivity contribution in [2.45, 2.75) is 0 Å². The topological polar surface area (TPSA) is 105 Å². The molecular weight excluding hydrogens is 336 g/mol. The molecule has 0 radical (unpaired) electrons. The summed E-state index contributed by atoms with van der Waals surface area (Å²) in [7, 11) is -8.65. The van der Waals surface area contributed by atoms with E-state index in [0.29, 0.717) is 0 Å². The second kappa shape index (κ2) is 5.07. The monoisotopic (exact) mass is 344 g/mol. The van der Waals surface area contributed by atoms with Crippen molar-refractivity contribution < 1.29 is 33.6 Å². The summed E-state index contributed by atoms with van der Waals surface area (Å²) < 4.78 is 65.8. The first-order valence-electron chi connectivity index (χ1n) is 5.79. The summed E-state index contributed by atoms with van der Waals surface area (Å²) in [6.45, 7) is 0. The molecule has 0 unspecified atom stereocenters. The summed E-state index contributed by atoms with van der Waals surface area (Å²) in [4.78, 5) is 0. The molecule has 0 atom stereocenters. The number of hydrogen-bond acceptors (Lipinski definition) is 8. The van der Waals surface area contributed by atoms with Crippen LogP contribution >= 0.6 is 0 Å². The lowest BCUT2D eigenvalue weighted by molar-refractivity contribution is 0.382. The number of rotatable bonds is 0. The van der Waals surface area contributed by atoms with Crippen LogP contribution in [0, 0.1) is 0 Å². The van der Waals surface area contributed by atoms with Crippen molar-refractivity contribution in [3.63, 3.8) is 0 Å². The fourth-order valence-electron chi connectivity index (χ4n) is 1.61. The third kappa shape index (κ3) is 3.40. The fraction of sp³-hybridized carbons (Fsp3) is 0. The van der Waals surface area contributed by atoms with E-state index >= 15 is 0 Å². The molecule has 0 aromatic heterocycles. The minimum atomic E-state index is -4.32. The minimum Gasteiger partial charge on any atom is -0.353 e. The summed E-state index contributed by atoms with van der Waals surface area (Å²) >= 11 is 0. The highest BCUT2D eigenvalue weighted by molar-refractivity contribution is 7.82. The minimum absolute atomic E-state index is 0.0701. The van der Waals surface area contributed by atoms with Crippen LogP contribution in [-0.4, -0.2) is 16.8 Å². The molecule has 4 aliphatic heterocycles. The van der Waals surface area contributed by atoms with Gasteiger partial charge in [0.15, 0.2) is 0 Å². The number of benzene rings is 2. The third-order valence-electron chi connectivity index (χ3n) is 2.44. The molecule has 4 bridgehead atoms. The Morgan fingerprint density at radius 1 is 0.455 bits per heavy atom. The molecule has 0 amide bonds. The van der Waals surface area contributed by atoms with Gasteiger partial charge in [-0.15, -0.1) is 16.8 Å². The van der Waals surface area contributed by atoms with Crippen LogP contribution < -0.4 is 16.7 Å². The van der Waals surface area contributed by atoms with Gasteiger partial charge >= 0.3 is 20.8 Å². The zero-order valence-electron chi connectivity index (χ0n) is 10.7. The molecule has 0 N–H and O–H groups in total. The molecule has 0 aliphatic carbocycles. The fourth-order valence-corrected chi connectivity index (χ4v) is 3.06. The molecule has 10 heteroatoms. The summed E-state index contributed by atoms with van der Waals surface area (Å²) in [6.07, 6.45) is 0. The quantitative estimate of drug-likeness (QED) is 0.706. The lowest BCUT2D eigenvalue weighted by atomic mass is 10.3. The molecule has 0 saturated carbocycles. The predicted molar refractivity (Wildman–Crippen MR) is 73.2 cm³/mol. The molecule has 6 rings (SSSR count). The van der Waals surface area contributed by atoms with E-state index in [2.05, 4.69) is 0 Å². The molecule has 116 valence electrons. The second-order valence-corrected chi connectivity index (χ2v) is 6.39. The van der Waals surface area contributed by atoms with Gasteiger partial charge < -0.3 is 16.7 Å². The van der Waals surface area contributed by atoms with Crippen LogP contribution in [0.2, 0.25) is 0 Å². The summed E-state index contributed by atoms with van der Waals surface area (Å²) in [5.74, 6) is -0.280. The third-order valence-corrected chi connectivity index (χ3v) is 4.03.